The molecule has 1 N–H and O–H groups in total. The smallest absolute Gasteiger partial charge is 0.347 e. The van der Waals surface area contributed by atoms with Crippen LogP contribution in [-0.2, 0) is 9.53 Å². The van der Waals surface area contributed by atoms with Crippen LogP contribution < -0.4 is 4.90 Å². The molecular formula is C22H24N2O3. The third-order valence-electron chi connectivity index (χ3n) is 4.02. The molecule has 0 fully saturated rings. The Bertz CT molecular complexity index is 887. The van der Waals surface area contributed by atoms with Crippen molar-refractivity contribution in [3.63, 3.8) is 0 Å². The fraction of sp³-hybridized carbons (Fsp3) is 0.273. The van der Waals surface area contributed by atoms with Gasteiger partial charge in [0, 0.05) is 30.8 Å². The van der Waals surface area contributed by atoms with Gasteiger partial charge in [-0.05, 0) is 35.9 Å². The summed E-state index contributed by atoms with van der Waals surface area (Å²) < 4.78 is 5.93. The molecule has 5 heteroatoms. The molecule has 0 amide bonds. The highest BCUT2D eigenvalue weighted by Gasteiger charge is 2.25. The van der Waals surface area contributed by atoms with Crippen molar-refractivity contribution in [1.29, 1.82) is 5.26 Å². The van der Waals surface area contributed by atoms with E-state index in [9.17, 15) is 15.2 Å². The normalized spacial score (nSPS) is 16.1. The monoisotopic (exact) mass is 364 g/mol. The maximum Gasteiger partial charge on any atom is 0.347 e. The quantitative estimate of drug-likeness (QED) is 0.628. The van der Waals surface area contributed by atoms with E-state index in [1.54, 1.807) is 24.3 Å². The Morgan fingerprint density at radius 2 is 1.78 bits per heavy atom. The molecule has 0 atom stereocenters. The lowest BCUT2D eigenvalue weighted by molar-refractivity contribution is -0.132. The number of hydrogen-bond donors (Lipinski definition) is 1. The fourth-order valence-corrected chi connectivity index (χ4v) is 2.42. The molecule has 0 aromatic heterocycles. The predicted molar refractivity (Wildman–Crippen MR) is 107 cm³/mol. The SMILES string of the molecule is CN(C)c1ccc(/C=C/C2=CC(=C(\C#N)C(=O)O)/C=C(C(C)(C)C)O2)cc1. The molecule has 2 rings (SSSR count). The van der Waals surface area contributed by atoms with Gasteiger partial charge < -0.3 is 14.7 Å². The van der Waals surface area contributed by atoms with Gasteiger partial charge in [0.2, 0.25) is 0 Å². The second kappa shape index (κ2) is 7.96. The highest BCUT2D eigenvalue weighted by Crippen LogP contribution is 2.34. The van der Waals surface area contributed by atoms with Gasteiger partial charge in [-0.2, -0.15) is 5.26 Å². The maximum atomic E-state index is 11.4. The van der Waals surface area contributed by atoms with Crippen molar-refractivity contribution in [2.24, 2.45) is 5.41 Å². The van der Waals surface area contributed by atoms with E-state index in [0.29, 0.717) is 17.1 Å². The maximum absolute atomic E-state index is 11.4. The van der Waals surface area contributed by atoms with E-state index < -0.39 is 5.97 Å². The number of carboxylic acids is 1. The largest absolute Gasteiger partial charge is 0.477 e. The molecular weight excluding hydrogens is 340 g/mol. The summed E-state index contributed by atoms with van der Waals surface area (Å²) in [5.41, 5.74) is 1.79. The van der Waals surface area contributed by atoms with Crippen molar-refractivity contribution in [3.8, 4) is 6.07 Å². The van der Waals surface area contributed by atoms with Crippen LogP contribution in [0, 0.1) is 16.7 Å². The molecule has 5 nitrogen and oxygen atoms in total. The lowest BCUT2D eigenvalue weighted by atomic mass is 9.90. The average Bonchev–Trinajstić information content (AvgIpc) is 2.59. The number of hydrogen-bond acceptors (Lipinski definition) is 4. The molecule has 1 aliphatic heterocycles. The Balaban J connectivity index is 2.39. The molecule has 0 unspecified atom stereocenters. The number of carbonyl (C=O) groups is 1. The standard InChI is InChI=1S/C22H24N2O3/c1-22(2,3)20-13-16(19(14-23)21(25)26)12-18(27-20)11-8-15-6-9-17(10-7-15)24(4)5/h6-13H,1-5H3,(H,25,26)/b11-8+,19-16-. The molecule has 27 heavy (non-hydrogen) atoms. The van der Waals surface area contributed by atoms with E-state index in [1.807, 2.05) is 70.1 Å². The van der Waals surface area contributed by atoms with Gasteiger partial charge in [-0.25, -0.2) is 4.79 Å². The van der Waals surface area contributed by atoms with Crippen LogP contribution in [0.25, 0.3) is 6.08 Å². The lowest BCUT2D eigenvalue weighted by Crippen LogP contribution is -2.15. The first-order chi connectivity index (χ1) is 12.6. The van der Waals surface area contributed by atoms with Crippen molar-refractivity contribution in [3.05, 3.63) is 70.7 Å². The van der Waals surface area contributed by atoms with Crippen LogP contribution >= 0.6 is 0 Å². The Hall–Kier alpha value is -3.26. The van der Waals surface area contributed by atoms with Gasteiger partial charge in [-0.15, -0.1) is 0 Å². The summed E-state index contributed by atoms with van der Waals surface area (Å²) in [6.45, 7) is 5.90. The van der Waals surface area contributed by atoms with E-state index in [2.05, 4.69) is 0 Å². The minimum absolute atomic E-state index is 0.304. The molecule has 0 spiro atoms. The molecule has 0 aliphatic carbocycles. The molecule has 0 radical (unpaired) electrons. The zero-order valence-electron chi connectivity index (χ0n) is 16.3. The highest BCUT2D eigenvalue weighted by atomic mass is 16.5. The Morgan fingerprint density at radius 3 is 2.26 bits per heavy atom. The number of benzene rings is 1. The van der Waals surface area contributed by atoms with Gasteiger partial charge in [0.15, 0.2) is 0 Å². The third-order valence-corrected chi connectivity index (χ3v) is 4.02. The van der Waals surface area contributed by atoms with E-state index in [4.69, 9.17) is 4.74 Å². The van der Waals surface area contributed by atoms with Gasteiger partial charge in [0.25, 0.3) is 0 Å². The molecule has 1 aromatic rings. The summed E-state index contributed by atoms with van der Waals surface area (Å²) in [4.78, 5) is 13.4. The van der Waals surface area contributed by atoms with Crippen molar-refractivity contribution >= 4 is 17.7 Å². The Labute approximate surface area is 160 Å². The first kappa shape index (κ1) is 20.1. The molecule has 1 heterocycles. The number of carboxylic acid groups (broad SMARTS) is 1. The number of anilines is 1. The average molecular weight is 364 g/mol. The van der Waals surface area contributed by atoms with Crippen LogP contribution in [0.4, 0.5) is 5.69 Å². The first-order valence-corrected chi connectivity index (χ1v) is 8.56. The van der Waals surface area contributed by atoms with Gasteiger partial charge in [-0.1, -0.05) is 39.0 Å². The summed E-state index contributed by atoms with van der Waals surface area (Å²) in [6.07, 6.45) is 6.87. The predicted octanol–water partition coefficient (Wildman–Crippen LogP) is 4.51. The number of aliphatic carboxylic acids is 1. The van der Waals surface area contributed by atoms with Gasteiger partial charge in [0.1, 0.15) is 23.2 Å². The highest BCUT2D eigenvalue weighted by molar-refractivity contribution is 5.93. The van der Waals surface area contributed by atoms with E-state index in [1.165, 1.54) is 0 Å². The second-order valence-electron chi connectivity index (χ2n) is 7.47. The summed E-state index contributed by atoms with van der Waals surface area (Å²) in [6, 6.07) is 9.77. The summed E-state index contributed by atoms with van der Waals surface area (Å²) in [7, 11) is 3.96. The van der Waals surface area contributed by atoms with Gasteiger partial charge >= 0.3 is 5.97 Å². The van der Waals surface area contributed by atoms with Crippen LogP contribution in [0.3, 0.4) is 0 Å². The summed E-state index contributed by atoms with van der Waals surface area (Å²) in [5.74, 6) is -0.155. The Morgan fingerprint density at radius 1 is 1.15 bits per heavy atom. The van der Waals surface area contributed by atoms with E-state index >= 15 is 0 Å². The molecule has 140 valence electrons. The van der Waals surface area contributed by atoms with Crippen LogP contribution in [0.1, 0.15) is 26.3 Å². The van der Waals surface area contributed by atoms with Gasteiger partial charge in [-0.3, -0.25) is 0 Å². The molecule has 1 aliphatic rings. The van der Waals surface area contributed by atoms with Crippen molar-refractivity contribution < 1.29 is 14.6 Å². The summed E-state index contributed by atoms with van der Waals surface area (Å²) in [5, 5.41) is 18.5. The van der Waals surface area contributed by atoms with Crippen LogP contribution in [0.5, 0.6) is 0 Å². The van der Waals surface area contributed by atoms with E-state index in [-0.39, 0.29) is 11.0 Å². The summed E-state index contributed by atoms with van der Waals surface area (Å²) >= 11 is 0. The second-order valence-corrected chi connectivity index (χ2v) is 7.47. The van der Waals surface area contributed by atoms with Crippen molar-refractivity contribution in [2.45, 2.75) is 20.8 Å². The minimum atomic E-state index is -1.25. The van der Waals surface area contributed by atoms with Gasteiger partial charge in [0.05, 0.1) is 0 Å². The van der Waals surface area contributed by atoms with E-state index in [0.717, 1.165) is 11.3 Å². The van der Waals surface area contributed by atoms with Crippen LogP contribution in [0.2, 0.25) is 0 Å². The number of nitrogens with zero attached hydrogens (tertiary/aromatic N) is 2. The number of allylic oxidation sites excluding steroid dienone is 5. The lowest BCUT2D eigenvalue weighted by Gasteiger charge is -2.26. The number of ether oxygens (including phenoxy) is 1. The number of nitriles is 1. The fourth-order valence-electron chi connectivity index (χ4n) is 2.42. The minimum Gasteiger partial charge on any atom is -0.477 e. The molecule has 1 aromatic carbocycles. The van der Waals surface area contributed by atoms with Crippen LogP contribution in [-0.4, -0.2) is 25.2 Å². The Kier molecular flexibility index (Phi) is 5.91. The molecule has 0 saturated heterocycles. The molecule has 0 saturated carbocycles. The number of rotatable bonds is 4. The zero-order valence-corrected chi connectivity index (χ0v) is 16.3. The zero-order chi connectivity index (χ0) is 20.2. The van der Waals surface area contributed by atoms with Crippen molar-refractivity contribution in [2.75, 3.05) is 19.0 Å². The molecule has 0 bridgehead atoms. The first-order valence-electron chi connectivity index (χ1n) is 8.56. The third kappa shape index (κ3) is 5.11. The van der Waals surface area contributed by atoms with Crippen molar-refractivity contribution in [1.82, 2.24) is 0 Å². The topological polar surface area (TPSA) is 73.6 Å². The van der Waals surface area contributed by atoms with Crippen LogP contribution in [0.15, 0.2) is 65.2 Å².